The van der Waals surface area contributed by atoms with Crippen LogP contribution in [-0.4, -0.2) is 32.8 Å². The molecule has 0 saturated carbocycles. The fourth-order valence-electron chi connectivity index (χ4n) is 2.85. The van der Waals surface area contributed by atoms with E-state index in [0.717, 1.165) is 16.5 Å². The van der Waals surface area contributed by atoms with Crippen LogP contribution >= 0.6 is 0 Å². The molecule has 2 aromatic heterocycles. The molecule has 0 bridgehead atoms. The van der Waals surface area contributed by atoms with Gasteiger partial charge in [0.25, 0.3) is 5.91 Å². The molecule has 4 N–H and O–H groups in total. The van der Waals surface area contributed by atoms with E-state index in [1.807, 2.05) is 30.5 Å². The minimum atomic E-state index is -0.601. The Hall–Kier alpha value is -3.35. The normalized spacial score (nSPS) is 19.5. The number of rotatable bonds is 3. The largest absolute Gasteiger partial charge is 0.361 e. The van der Waals surface area contributed by atoms with Crippen LogP contribution in [0.1, 0.15) is 11.3 Å². The third-order valence-corrected chi connectivity index (χ3v) is 4.04. The number of nitrogens with one attached hydrogen (secondary N) is 4. The standard InChI is InChI=1S/C17H15N5O2/c23-16-14(5-10-7-19-13-4-2-1-3-12(10)13)21-17(24)15(22-16)6-11-8-18-9-20-11/h1-4,6-9,14,19H,5H2,(H,18,20)(H,21,24)(H,22,23)/b15-6-. The maximum atomic E-state index is 12.3. The van der Waals surface area contributed by atoms with Crippen molar-refractivity contribution in [2.45, 2.75) is 12.5 Å². The molecule has 0 aliphatic carbocycles. The Morgan fingerprint density at radius 1 is 1.17 bits per heavy atom. The number of amides is 2. The van der Waals surface area contributed by atoms with Gasteiger partial charge in [0.05, 0.1) is 18.2 Å². The van der Waals surface area contributed by atoms with Gasteiger partial charge >= 0.3 is 0 Å². The molecular weight excluding hydrogens is 306 g/mol. The Labute approximate surface area is 137 Å². The minimum Gasteiger partial charge on any atom is -0.361 e. The summed E-state index contributed by atoms with van der Waals surface area (Å²) in [5.41, 5.74) is 2.86. The van der Waals surface area contributed by atoms with Gasteiger partial charge in [-0.05, 0) is 17.7 Å². The van der Waals surface area contributed by atoms with E-state index in [0.29, 0.717) is 12.1 Å². The average molecular weight is 321 g/mol. The molecule has 1 aromatic carbocycles. The van der Waals surface area contributed by atoms with Crippen molar-refractivity contribution in [3.8, 4) is 0 Å². The summed E-state index contributed by atoms with van der Waals surface area (Å²) >= 11 is 0. The molecule has 4 rings (SSSR count). The van der Waals surface area contributed by atoms with E-state index in [9.17, 15) is 9.59 Å². The predicted molar refractivity (Wildman–Crippen MR) is 88.6 cm³/mol. The lowest BCUT2D eigenvalue weighted by molar-refractivity contribution is -0.131. The summed E-state index contributed by atoms with van der Waals surface area (Å²) < 4.78 is 0. The van der Waals surface area contributed by atoms with Gasteiger partial charge in [0.2, 0.25) is 5.91 Å². The highest BCUT2D eigenvalue weighted by Gasteiger charge is 2.30. The van der Waals surface area contributed by atoms with Gasteiger partial charge in [-0.2, -0.15) is 0 Å². The minimum absolute atomic E-state index is 0.208. The summed E-state index contributed by atoms with van der Waals surface area (Å²) in [6.45, 7) is 0. The summed E-state index contributed by atoms with van der Waals surface area (Å²) in [6.07, 6.45) is 6.94. The predicted octanol–water partition coefficient (Wildman–Crippen LogP) is 1.09. The SMILES string of the molecule is O=C1NC(Cc2c[nH]c3ccccc23)C(=O)N/C1=C\c1cnc[nH]1. The van der Waals surface area contributed by atoms with E-state index in [-0.39, 0.29) is 17.5 Å². The van der Waals surface area contributed by atoms with Gasteiger partial charge in [-0.3, -0.25) is 9.59 Å². The Morgan fingerprint density at radius 2 is 2.04 bits per heavy atom. The molecule has 1 aliphatic rings. The summed E-state index contributed by atoms with van der Waals surface area (Å²) in [6, 6.07) is 7.27. The Kier molecular flexibility index (Phi) is 3.38. The maximum Gasteiger partial charge on any atom is 0.268 e. The zero-order valence-corrected chi connectivity index (χ0v) is 12.7. The highest BCUT2D eigenvalue weighted by atomic mass is 16.2. The first-order chi connectivity index (χ1) is 11.7. The lowest BCUT2D eigenvalue weighted by atomic mass is 10.0. The Morgan fingerprint density at radius 3 is 2.88 bits per heavy atom. The molecule has 2 amide bonds. The quantitative estimate of drug-likeness (QED) is 0.543. The molecule has 7 nitrogen and oxygen atoms in total. The van der Waals surface area contributed by atoms with Gasteiger partial charge < -0.3 is 20.6 Å². The Balaban J connectivity index is 1.54. The fraction of sp³-hybridized carbons (Fsp3) is 0.118. The van der Waals surface area contributed by atoms with Crippen LogP contribution in [0.4, 0.5) is 0 Å². The van der Waals surface area contributed by atoms with E-state index < -0.39 is 6.04 Å². The number of aromatic amines is 2. The zero-order chi connectivity index (χ0) is 16.5. The average Bonchev–Trinajstić information content (AvgIpc) is 3.22. The van der Waals surface area contributed by atoms with E-state index in [2.05, 4.69) is 25.6 Å². The van der Waals surface area contributed by atoms with Crippen molar-refractivity contribution >= 4 is 28.8 Å². The number of benzene rings is 1. The molecule has 1 atom stereocenters. The third-order valence-electron chi connectivity index (χ3n) is 4.04. The van der Waals surface area contributed by atoms with Crippen molar-refractivity contribution < 1.29 is 9.59 Å². The molecule has 3 heterocycles. The Bertz CT molecular complexity index is 939. The van der Waals surface area contributed by atoms with Crippen molar-refractivity contribution in [1.29, 1.82) is 0 Å². The smallest absolute Gasteiger partial charge is 0.268 e. The number of fused-ring (bicyclic) bond motifs is 1. The molecule has 1 aliphatic heterocycles. The van der Waals surface area contributed by atoms with E-state index in [1.54, 1.807) is 12.3 Å². The topological polar surface area (TPSA) is 103 Å². The summed E-state index contributed by atoms with van der Waals surface area (Å²) in [5, 5.41) is 6.49. The third kappa shape index (κ3) is 2.56. The molecule has 0 radical (unpaired) electrons. The van der Waals surface area contributed by atoms with E-state index in [1.165, 1.54) is 6.33 Å². The number of hydrogen-bond donors (Lipinski definition) is 4. The monoisotopic (exact) mass is 321 g/mol. The molecule has 1 saturated heterocycles. The van der Waals surface area contributed by atoms with Crippen molar-refractivity contribution in [1.82, 2.24) is 25.6 Å². The second kappa shape index (κ2) is 5.69. The van der Waals surface area contributed by atoms with Crippen LogP contribution in [-0.2, 0) is 16.0 Å². The number of aromatic nitrogens is 3. The van der Waals surface area contributed by atoms with Crippen LogP contribution in [0.5, 0.6) is 0 Å². The van der Waals surface area contributed by atoms with Crippen LogP contribution in [0, 0.1) is 0 Å². The van der Waals surface area contributed by atoms with Crippen LogP contribution < -0.4 is 10.6 Å². The molecule has 1 unspecified atom stereocenters. The van der Waals surface area contributed by atoms with Crippen LogP contribution in [0.2, 0.25) is 0 Å². The van der Waals surface area contributed by atoms with Gasteiger partial charge in [-0.1, -0.05) is 18.2 Å². The number of piperazine rings is 1. The second-order valence-corrected chi connectivity index (χ2v) is 5.64. The summed E-state index contributed by atoms with van der Waals surface area (Å²) in [7, 11) is 0. The van der Waals surface area contributed by atoms with E-state index in [4.69, 9.17) is 0 Å². The molecule has 1 fully saturated rings. The second-order valence-electron chi connectivity index (χ2n) is 5.64. The number of hydrogen-bond acceptors (Lipinski definition) is 3. The molecule has 0 spiro atoms. The van der Waals surface area contributed by atoms with Crippen molar-refractivity contribution in [2.24, 2.45) is 0 Å². The van der Waals surface area contributed by atoms with Gasteiger partial charge in [-0.15, -0.1) is 0 Å². The molecule has 120 valence electrons. The highest BCUT2D eigenvalue weighted by molar-refractivity contribution is 6.07. The van der Waals surface area contributed by atoms with E-state index >= 15 is 0 Å². The highest BCUT2D eigenvalue weighted by Crippen LogP contribution is 2.20. The number of imidazole rings is 1. The van der Waals surface area contributed by atoms with Crippen molar-refractivity contribution in [2.75, 3.05) is 0 Å². The number of nitrogens with zero attached hydrogens (tertiary/aromatic N) is 1. The lowest BCUT2D eigenvalue weighted by Crippen LogP contribution is -2.55. The maximum absolute atomic E-state index is 12.3. The van der Waals surface area contributed by atoms with Gasteiger partial charge in [0.15, 0.2) is 0 Å². The molecule has 7 heteroatoms. The summed E-state index contributed by atoms with van der Waals surface area (Å²) in [5.74, 6) is -0.542. The van der Waals surface area contributed by atoms with Gasteiger partial charge in [0.1, 0.15) is 11.7 Å². The van der Waals surface area contributed by atoms with Crippen molar-refractivity contribution in [3.63, 3.8) is 0 Å². The van der Waals surface area contributed by atoms with Crippen LogP contribution in [0.3, 0.4) is 0 Å². The van der Waals surface area contributed by atoms with Crippen molar-refractivity contribution in [3.05, 3.63) is 59.9 Å². The number of carbonyl (C=O) groups excluding carboxylic acids is 2. The lowest BCUT2D eigenvalue weighted by Gasteiger charge is -2.24. The number of H-pyrrole nitrogens is 2. The molecular formula is C17H15N5O2. The van der Waals surface area contributed by atoms with Crippen LogP contribution in [0.15, 0.2) is 48.7 Å². The fourth-order valence-corrected chi connectivity index (χ4v) is 2.85. The van der Waals surface area contributed by atoms with Crippen LogP contribution in [0.25, 0.3) is 17.0 Å². The first kappa shape index (κ1) is 14.3. The molecule has 24 heavy (non-hydrogen) atoms. The first-order valence-corrected chi connectivity index (χ1v) is 7.57. The number of para-hydroxylation sites is 1. The van der Waals surface area contributed by atoms with Gasteiger partial charge in [0, 0.05) is 23.5 Å². The zero-order valence-electron chi connectivity index (χ0n) is 12.7. The summed E-state index contributed by atoms with van der Waals surface area (Å²) in [4.78, 5) is 34.5. The first-order valence-electron chi connectivity index (χ1n) is 7.57. The number of carbonyl (C=O) groups is 2. The van der Waals surface area contributed by atoms with Gasteiger partial charge in [-0.25, -0.2) is 4.98 Å². The molecule has 3 aromatic rings.